The van der Waals surface area contributed by atoms with Gasteiger partial charge in [-0.15, -0.1) is 0 Å². The van der Waals surface area contributed by atoms with E-state index in [1.165, 1.54) is 0 Å². The maximum Gasteiger partial charge on any atom is 0.315 e. The third-order valence-corrected chi connectivity index (χ3v) is 4.35. The lowest BCUT2D eigenvalue weighted by Crippen LogP contribution is -2.68. The van der Waals surface area contributed by atoms with Crippen molar-refractivity contribution in [1.82, 2.24) is 0 Å². The summed E-state index contributed by atoms with van der Waals surface area (Å²) >= 11 is 0. The van der Waals surface area contributed by atoms with Crippen molar-refractivity contribution in [2.45, 2.75) is 61.4 Å². The van der Waals surface area contributed by atoms with E-state index in [-0.39, 0.29) is 0 Å². The third-order valence-electron chi connectivity index (χ3n) is 4.35. The summed E-state index contributed by atoms with van der Waals surface area (Å²) in [5.41, 5.74) is 0. The SMILES string of the molecule is N[O+]1[C@H](O)[C@H](O)[C@@H](O)[C@H](O[C@H]2O[C@H](COO)[C@@H](O)[C@H](O)[C@H]2O)[C@H]1CO. The molecule has 0 aromatic heterocycles. The minimum Gasteiger partial charge on any atom is -0.388 e. The first-order valence-electron chi connectivity index (χ1n) is 7.47. The normalized spacial score (nSPS) is 49.3. The van der Waals surface area contributed by atoms with Crippen LogP contribution in [-0.2, 0) is 18.8 Å². The number of nitrogens with two attached hydrogens (primary N) is 1. The molecule has 2 aliphatic rings. The molecule has 0 aromatic rings. The van der Waals surface area contributed by atoms with Crippen LogP contribution in [-0.4, -0.2) is 116 Å². The fraction of sp³-hybridized carbons (Fsp3) is 1.00. The maximum absolute atomic E-state index is 10.1. The highest BCUT2D eigenvalue weighted by Crippen LogP contribution is 2.30. The summed E-state index contributed by atoms with van der Waals surface area (Å²) in [7, 11) is 0. The highest BCUT2D eigenvalue weighted by Gasteiger charge is 2.56. The Bertz CT molecular complexity index is 429. The van der Waals surface area contributed by atoms with Crippen LogP contribution in [0.15, 0.2) is 0 Å². The molecule has 2 fully saturated rings. The highest BCUT2D eigenvalue weighted by molar-refractivity contribution is 4.94. The van der Waals surface area contributed by atoms with Crippen LogP contribution in [0, 0.1) is 0 Å². The Morgan fingerprint density at radius 1 is 0.920 bits per heavy atom. The molecule has 0 spiro atoms. The lowest BCUT2D eigenvalue weighted by Gasteiger charge is -2.45. The molecule has 25 heavy (non-hydrogen) atoms. The van der Waals surface area contributed by atoms with Crippen molar-refractivity contribution < 1.29 is 59.8 Å². The molecule has 0 unspecified atom stereocenters. The van der Waals surface area contributed by atoms with Gasteiger partial charge < -0.3 is 45.2 Å². The second-order valence-electron chi connectivity index (χ2n) is 5.91. The zero-order valence-corrected chi connectivity index (χ0v) is 13.0. The summed E-state index contributed by atoms with van der Waals surface area (Å²) in [5, 5.41) is 77.0. The minimum absolute atomic E-state index is 0.555. The van der Waals surface area contributed by atoms with Gasteiger partial charge in [0.2, 0.25) is 6.10 Å². The molecule has 0 bridgehead atoms. The molecular formula is C12H24NO12+. The molecule has 13 nitrogen and oxygen atoms in total. The molecule has 2 rings (SSSR count). The average molecular weight is 374 g/mol. The van der Waals surface area contributed by atoms with Gasteiger partial charge in [-0.2, -0.15) is 0 Å². The molecule has 13 heteroatoms. The molecule has 0 aromatic carbocycles. The predicted octanol–water partition coefficient (Wildman–Crippen LogP) is -5.49. The number of aliphatic hydroxyl groups is 7. The Balaban J connectivity index is 2.17. The van der Waals surface area contributed by atoms with Crippen LogP contribution in [0.1, 0.15) is 0 Å². The first-order valence-corrected chi connectivity index (χ1v) is 7.47. The lowest BCUT2D eigenvalue weighted by molar-refractivity contribution is -0.422. The number of rotatable bonds is 5. The standard InChI is InChI=1S/C12H23NO12/c13-25-4(1-14)10(7(17)8(18)11(25)20)24-12-9(19)6(16)5(15)3(23-12)2-22-21/h3-12,14-20H,1-2,13H2/p+1/t3-,4-,5-,6+,7-,8-,9-,10-,11+,12-/m1/s1. The van der Waals surface area contributed by atoms with E-state index in [4.69, 9.17) is 20.6 Å². The van der Waals surface area contributed by atoms with Crippen molar-refractivity contribution in [3.05, 3.63) is 0 Å². The second kappa shape index (κ2) is 8.45. The fourth-order valence-electron chi connectivity index (χ4n) is 2.83. The Labute approximate surface area is 141 Å². The van der Waals surface area contributed by atoms with Gasteiger partial charge >= 0.3 is 6.29 Å². The Kier molecular flexibility index (Phi) is 7.02. The Morgan fingerprint density at radius 3 is 2.12 bits per heavy atom. The predicted molar refractivity (Wildman–Crippen MR) is 74.3 cm³/mol. The van der Waals surface area contributed by atoms with Gasteiger partial charge in [0.05, 0.1) is 0 Å². The molecule has 0 saturated carbocycles. The monoisotopic (exact) mass is 374 g/mol. The molecule has 0 aliphatic carbocycles. The van der Waals surface area contributed by atoms with Crippen LogP contribution in [0.4, 0.5) is 0 Å². The minimum atomic E-state index is -1.78. The van der Waals surface area contributed by atoms with E-state index < -0.39 is 74.6 Å². The van der Waals surface area contributed by atoms with Crippen molar-refractivity contribution in [2.75, 3.05) is 13.2 Å². The van der Waals surface area contributed by atoms with Crippen molar-refractivity contribution in [2.24, 2.45) is 5.90 Å². The van der Waals surface area contributed by atoms with E-state index >= 15 is 0 Å². The van der Waals surface area contributed by atoms with E-state index in [2.05, 4.69) is 4.89 Å². The van der Waals surface area contributed by atoms with Crippen LogP contribution in [0.3, 0.4) is 0 Å². The van der Waals surface area contributed by atoms with Gasteiger partial charge in [-0.1, -0.05) is 5.90 Å². The largest absolute Gasteiger partial charge is 0.388 e. The summed E-state index contributed by atoms with van der Waals surface area (Å²) in [5.74, 6) is 5.48. The van der Waals surface area contributed by atoms with Crippen LogP contribution in [0.25, 0.3) is 0 Å². The van der Waals surface area contributed by atoms with Gasteiger partial charge in [-0.3, -0.25) is 9.73 Å². The summed E-state index contributed by atoms with van der Waals surface area (Å²) in [4.78, 5) is 3.86. The van der Waals surface area contributed by atoms with Crippen LogP contribution < -0.4 is 5.90 Å². The average Bonchev–Trinajstić information content (AvgIpc) is 2.60. The number of ether oxygens (including phenoxy) is 2. The third kappa shape index (κ3) is 3.93. The van der Waals surface area contributed by atoms with E-state index in [1.807, 2.05) is 0 Å². The second-order valence-corrected chi connectivity index (χ2v) is 5.91. The van der Waals surface area contributed by atoms with E-state index in [1.54, 1.807) is 4.47 Å². The molecular weight excluding hydrogens is 350 g/mol. The zero-order chi connectivity index (χ0) is 18.9. The van der Waals surface area contributed by atoms with Gasteiger partial charge in [0.15, 0.2) is 18.5 Å². The van der Waals surface area contributed by atoms with Gasteiger partial charge in [-0.05, 0) is 0 Å². The molecule has 2 saturated heterocycles. The number of hydrogen-bond donors (Lipinski definition) is 9. The molecule has 10 N–H and O–H groups in total. The van der Waals surface area contributed by atoms with E-state index in [0.29, 0.717) is 0 Å². The molecule has 0 radical (unpaired) electrons. The maximum atomic E-state index is 10.1. The molecule has 0 amide bonds. The molecule has 2 heterocycles. The summed E-state index contributed by atoms with van der Waals surface area (Å²) < 4.78 is 12.1. The summed E-state index contributed by atoms with van der Waals surface area (Å²) in [6.45, 7) is -1.27. The molecule has 148 valence electrons. The number of hydrogen-bond acceptors (Lipinski definition) is 12. The molecule has 10 atom stereocenters. The highest BCUT2D eigenvalue weighted by atomic mass is 17.1. The number of aliphatic hydroxyl groups excluding tert-OH is 7. The quantitative estimate of drug-likeness (QED) is 0.125. The molecule has 2 aliphatic heterocycles. The Morgan fingerprint density at radius 2 is 1.56 bits per heavy atom. The fourth-order valence-corrected chi connectivity index (χ4v) is 2.83. The summed E-state index contributed by atoms with van der Waals surface area (Å²) in [6, 6.07) is 0. The zero-order valence-electron chi connectivity index (χ0n) is 13.0. The van der Waals surface area contributed by atoms with Crippen molar-refractivity contribution in [3.63, 3.8) is 0 Å². The van der Waals surface area contributed by atoms with Gasteiger partial charge in [0.1, 0.15) is 43.7 Å². The first-order chi connectivity index (χ1) is 11.7. The first kappa shape index (κ1) is 20.8. The van der Waals surface area contributed by atoms with Crippen molar-refractivity contribution in [3.8, 4) is 0 Å². The van der Waals surface area contributed by atoms with Gasteiger partial charge in [0.25, 0.3) is 0 Å². The van der Waals surface area contributed by atoms with Gasteiger partial charge in [0, 0.05) is 0 Å². The topological polar surface area (TPSA) is 218 Å². The van der Waals surface area contributed by atoms with Crippen LogP contribution in [0.5, 0.6) is 0 Å². The lowest BCUT2D eigenvalue weighted by atomic mass is 9.97. The van der Waals surface area contributed by atoms with Crippen LogP contribution >= 0.6 is 0 Å². The van der Waals surface area contributed by atoms with Gasteiger partial charge in [-0.25, -0.2) is 4.89 Å². The summed E-state index contributed by atoms with van der Waals surface area (Å²) in [6.07, 6.45) is -16.0. The van der Waals surface area contributed by atoms with Crippen molar-refractivity contribution >= 4 is 0 Å². The van der Waals surface area contributed by atoms with E-state index in [9.17, 15) is 35.7 Å². The Hall–Kier alpha value is -0.520. The van der Waals surface area contributed by atoms with Crippen LogP contribution in [0.2, 0.25) is 0 Å². The van der Waals surface area contributed by atoms with Crippen molar-refractivity contribution in [1.29, 1.82) is 0 Å². The smallest absolute Gasteiger partial charge is 0.315 e. The van der Waals surface area contributed by atoms with E-state index in [0.717, 1.165) is 0 Å².